The van der Waals surface area contributed by atoms with E-state index in [2.05, 4.69) is 30.3 Å². The number of ether oxygens (including phenoxy) is 2. The molecule has 4 heterocycles. The van der Waals surface area contributed by atoms with Crippen LogP contribution in [0.3, 0.4) is 0 Å². The quantitative estimate of drug-likeness (QED) is 0.157. The molecule has 1 saturated carbocycles. The van der Waals surface area contributed by atoms with Gasteiger partial charge < -0.3 is 14.8 Å². The maximum absolute atomic E-state index is 13.1. The molecule has 0 spiro atoms. The van der Waals surface area contributed by atoms with E-state index >= 15 is 0 Å². The van der Waals surface area contributed by atoms with Gasteiger partial charge in [-0.05, 0) is 62.4 Å². The van der Waals surface area contributed by atoms with E-state index in [4.69, 9.17) is 16.0 Å². The molecular weight excluding hydrogens is 705 g/mol. The molecule has 278 valence electrons. The Labute approximate surface area is 306 Å². The van der Waals surface area contributed by atoms with Crippen molar-refractivity contribution in [2.45, 2.75) is 56.7 Å². The number of hydrogen-bond acceptors (Lipinski definition) is 12. The second-order valence-corrected chi connectivity index (χ2v) is 15.6. The molecule has 2 aromatic carbocycles. The summed E-state index contributed by atoms with van der Waals surface area (Å²) in [5, 5.41) is 6.58. The number of nitrogens with zero attached hydrogens (tertiary/aromatic N) is 6. The van der Waals surface area contributed by atoms with E-state index in [-0.39, 0.29) is 55.6 Å². The van der Waals surface area contributed by atoms with E-state index in [9.17, 15) is 27.6 Å². The van der Waals surface area contributed by atoms with Crippen molar-refractivity contribution in [3.63, 3.8) is 0 Å². The summed E-state index contributed by atoms with van der Waals surface area (Å²) >= 11 is 0. The first-order chi connectivity index (χ1) is 25.6. The Morgan fingerprint density at radius 2 is 1.66 bits per heavy atom. The maximum atomic E-state index is 13.1. The van der Waals surface area contributed by atoms with Gasteiger partial charge in [0, 0.05) is 50.1 Å². The Hall–Kier alpha value is -5.02. The summed E-state index contributed by atoms with van der Waals surface area (Å²) in [6, 6.07) is 9.46. The Kier molecular flexibility index (Phi) is 10.6. The van der Waals surface area contributed by atoms with E-state index in [0.29, 0.717) is 43.7 Å². The molecule has 1 unspecified atom stereocenters. The average Bonchev–Trinajstić information content (AvgIpc) is 3.41. The standard InChI is InChI=1S/C36H40N8O8S/c1-37-24-4-9-30-29(20-24)33(39-22-38-30)40-23-2-5-25(6-3-23)42-12-14-43(15-13-42)53(49,50)19-18-51-16-17-52-26-7-8-27-28(21-26)36(48)44(35(27)47)31-10-11-32(45)41-34(31)46/h4,7-9,20-23,25,31H,2-3,5-6,10-19H2,(H,38,39,40)(H,41,45,46). The van der Waals surface area contributed by atoms with E-state index in [1.165, 1.54) is 22.8 Å². The van der Waals surface area contributed by atoms with Gasteiger partial charge in [-0.2, -0.15) is 4.31 Å². The monoisotopic (exact) mass is 744 g/mol. The first-order valence-corrected chi connectivity index (χ1v) is 19.4. The van der Waals surface area contributed by atoms with Gasteiger partial charge in [0.25, 0.3) is 11.8 Å². The highest BCUT2D eigenvalue weighted by Crippen LogP contribution is 2.32. The molecule has 1 atom stereocenters. The molecular formula is C36H40N8O8S. The molecule has 0 bridgehead atoms. The minimum atomic E-state index is -3.50. The van der Waals surface area contributed by atoms with Crippen LogP contribution in [0.2, 0.25) is 0 Å². The normalized spacial score (nSPS) is 22.8. The van der Waals surface area contributed by atoms with Gasteiger partial charge in [0.05, 0.1) is 42.2 Å². The van der Waals surface area contributed by atoms with Crippen LogP contribution in [0.15, 0.2) is 42.7 Å². The van der Waals surface area contributed by atoms with Crippen LogP contribution in [0.1, 0.15) is 59.2 Å². The molecule has 17 heteroatoms. The third-order valence-corrected chi connectivity index (χ3v) is 12.2. The molecule has 1 aliphatic carbocycles. The second kappa shape index (κ2) is 15.5. The van der Waals surface area contributed by atoms with Crippen molar-refractivity contribution < 1.29 is 37.1 Å². The van der Waals surface area contributed by atoms with Crippen molar-refractivity contribution in [3.8, 4) is 5.75 Å². The number of sulfonamides is 1. The van der Waals surface area contributed by atoms with Crippen LogP contribution in [0.5, 0.6) is 5.75 Å². The van der Waals surface area contributed by atoms with Gasteiger partial charge in [-0.3, -0.25) is 34.3 Å². The van der Waals surface area contributed by atoms with Crippen LogP contribution in [-0.2, 0) is 24.3 Å². The number of amides is 4. The van der Waals surface area contributed by atoms with E-state index in [1.54, 1.807) is 12.1 Å². The third-order valence-electron chi connectivity index (χ3n) is 10.4. The second-order valence-electron chi connectivity index (χ2n) is 13.6. The van der Waals surface area contributed by atoms with Gasteiger partial charge in [-0.25, -0.2) is 23.2 Å². The van der Waals surface area contributed by atoms with Crippen molar-refractivity contribution in [2.24, 2.45) is 0 Å². The molecule has 3 aromatic rings. The first kappa shape index (κ1) is 36.3. The summed E-state index contributed by atoms with van der Waals surface area (Å²) in [7, 11) is -3.50. The van der Waals surface area contributed by atoms with Crippen molar-refractivity contribution in [3.05, 3.63) is 65.3 Å². The van der Waals surface area contributed by atoms with Gasteiger partial charge in [0.2, 0.25) is 21.8 Å². The molecule has 4 aliphatic rings. The van der Waals surface area contributed by atoms with Crippen molar-refractivity contribution >= 4 is 56.1 Å². The van der Waals surface area contributed by atoms with Crippen LogP contribution in [0.25, 0.3) is 15.7 Å². The number of carbonyl (C=O) groups is 4. The van der Waals surface area contributed by atoms with Gasteiger partial charge >= 0.3 is 0 Å². The van der Waals surface area contributed by atoms with Crippen LogP contribution in [0.4, 0.5) is 11.5 Å². The SMILES string of the molecule is [C-]#[N+]c1ccc2ncnc(NC3CCC(N4CCN(S(=O)(=O)CCOCCOc5ccc6c(c5)C(=O)N(C5CCC(=O)NC5=O)C6=O)CC4)CC3)c2c1. The van der Waals surface area contributed by atoms with Gasteiger partial charge in [-0.15, -0.1) is 0 Å². The van der Waals surface area contributed by atoms with Crippen LogP contribution in [0, 0.1) is 6.57 Å². The van der Waals surface area contributed by atoms with Crippen LogP contribution >= 0.6 is 0 Å². The number of nitrogens with one attached hydrogen (secondary N) is 2. The predicted molar refractivity (Wildman–Crippen MR) is 192 cm³/mol. The summed E-state index contributed by atoms with van der Waals surface area (Å²) in [4.78, 5) is 65.3. The number of aromatic nitrogens is 2. The highest BCUT2D eigenvalue weighted by Gasteiger charge is 2.44. The minimum absolute atomic E-state index is 0.00181. The summed E-state index contributed by atoms with van der Waals surface area (Å²) < 4.78 is 38.9. The zero-order chi connectivity index (χ0) is 37.1. The lowest BCUT2D eigenvalue weighted by atomic mass is 9.89. The highest BCUT2D eigenvalue weighted by molar-refractivity contribution is 7.89. The Bertz CT molecular complexity index is 2070. The maximum Gasteiger partial charge on any atom is 0.262 e. The summed E-state index contributed by atoms with van der Waals surface area (Å²) in [5.74, 6) is -1.42. The van der Waals surface area contributed by atoms with E-state index in [0.717, 1.165) is 47.3 Å². The van der Waals surface area contributed by atoms with Crippen molar-refractivity contribution in [1.82, 2.24) is 29.4 Å². The molecule has 53 heavy (non-hydrogen) atoms. The zero-order valence-electron chi connectivity index (χ0n) is 29.0. The number of benzene rings is 2. The molecule has 4 amide bonds. The molecule has 0 radical (unpaired) electrons. The fourth-order valence-electron chi connectivity index (χ4n) is 7.51. The number of fused-ring (bicyclic) bond motifs is 2. The predicted octanol–water partition coefficient (Wildman–Crippen LogP) is 2.35. The lowest BCUT2D eigenvalue weighted by Gasteiger charge is -2.41. The van der Waals surface area contributed by atoms with Crippen molar-refractivity contribution in [2.75, 3.05) is 57.1 Å². The lowest BCUT2D eigenvalue weighted by molar-refractivity contribution is -0.136. The van der Waals surface area contributed by atoms with E-state index < -0.39 is 39.7 Å². The number of anilines is 1. The highest BCUT2D eigenvalue weighted by atomic mass is 32.2. The molecule has 3 fully saturated rings. The van der Waals surface area contributed by atoms with Crippen LogP contribution < -0.4 is 15.4 Å². The summed E-state index contributed by atoms with van der Waals surface area (Å²) in [5.41, 5.74) is 1.61. The smallest absolute Gasteiger partial charge is 0.262 e. The largest absolute Gasteiger partial charge is 0.491 e. The topological polar surface area (TPSA) is 185 Å². The summed E-state index contributed by atoms with van der Waals surface area (Å²) in [6.45, 7) is 9.74. The molecule has 2 N–H and O–H groups in total. The summed E-state index contributed by atoms with van der Waals surface area (Å²) in [6.07, 6.45) is 5.57. The van der Waals surface area contributed by atoms with Gasteiger partial charge in [0.1, 0.15) is 30.5 Å². The molecule has 16 nitrogen and oxygen atoms in total. The first-order valence-electron chi connectivity index (χ1n) is 17.8. The fraction of sp³-hybridized carbons (Fsp3) is 0.472. The number of imide groups is 2. The number of rotatable bonds is 12. The van der Waals surface area contributed by atoms with Gasteiger partial charge in [0.15, 0.2) is 5.69 Å². The molecule has 7 rings (SSSR count). The number of hydrogen-bond donors (Lipinski definition) is 2. The van der Waals surface area contributed by atoms with Crippen molar-refractivity contribution in [1.29, 1.82) is 0 Å². The molecule has 3 aliphatic heterocycles. The van der Waals surface area contributed by atoms with Crippen LogP contribution in [-0.4, -0.2) is 126 Å². The molecule has 1 aromatic heterocycles. The Balaban J connectivity index is 0.804. The number of piperidine rings is 1. The minimum Gasteiger partial charge on any atom is -0.491 e. The zero-order valence-corrected chi connectivity index (χ0v) is 29.8. The average molecular weight is 745 g/mol. The fourth-order valence-corrected chi connectivity index (χ4v) is 8.81. The lowest BCUT2D eigenvalue weighted by Crippen LogP contribution is -2.54. The third kappa shape index (κ3) is 7.86. The molecule has 2 saturated heterocycles. The number of carbonyl (C=O) groups excluding carboxylic acids is 4. The Morgan fingerprint density at radius 3 is 2.42 bits per heavy atom. The Morgan fingerprint density at radius 1 is 0.887 bits per heavy atom. The van der Waals surface area contributed by atoms with E-state index in [1.807, 2.05) is 12.1 Å². The number of piperazine rings is 1. The van der Waals surface area contributed by atoms with Gasteiger partial charge in [-0.1, -0.05) is 6.07 Å².